The summed E-state index contributed by atoms with van der Waals surface area (Å²) in [6.07, 6.45) is 2.52. The number of aromatic nitrogens is 2. The molecule has 4 heteroatoms. The Balaban J connectivity index is 2.26. The number of H-pyrrole nitrogens is 1. The zero-order chi connectivity index (χ0) is 10.8. The topological polar surface area (TPSA) is 37.9 Å². The van der Waals surface area contributed by atoms with Gasteiger partial charge in [0.05, 0.1) is 0 Å². The Labute approximate surface area is 94.9 Å². The molecule has 0 aliphatic heterocycles. The highest BCUT2D eigenvalue weighted by Gasteiger charge is 2.25. The van der Waals surface area contributed by atoms with E-state index in [4.69, 9.17) is 17.0 Å². The maximum Gasteiger partial charge on any atom is 0.136 e. The standard InChI is InChI=1S/C11H16N2OS/c1-3-14-7(2)11-12-9(8-4-5-8)6-10(15)13-11/h6-8H,3-5H2,1-2H3,(H,12,13,15). The average molecular weight is 224 g/mol. The first-order valence-corrected chi connectivity index (χ1v) is 5.84. The van der Waals surface area contributed by atoms with Crippen molar-refractivity contribution in [2.75, 3.05) is 6.61 Å². The van der Waals surface area contributed by atoms with E-state index in [1.807, 2.05) is 19.9 Å². The van der Waals surface area contributed by atoms with Crippen LogP contribution in [-0.2, 0) is 4.74 Å². The van der Waals surface area contributed by atoms with E-state index in [1.165, 1.54) is 18.5 Å². The average Bonchev–Trinajstić information content (AvgIpc) is 3.00. The Morgan fingerprint density at radius 2 is 2.40 bits per heavy atom. The zero-order valence-electron chi connectivity index (χ0n) is 9.12. The van der Waals surface area contributed by atoms with Gasteiger partial charge in [-0.3, -0.25) is 0 Å². The second-order valence-corrected chi connectivity index (χ2v) is 4.35. The third-order valence-electron chi connectivity index (χ3n) is 2.60. The Morgan fingerprint density at radius 1 is 1.67 bits per heavy atom. The molecule has 1 N–H and O–H groups in total. The van der Waals surface area contributed by atoms with Crippen molar-refractivity contribution in [3.8, 4) is 0 Å². The van der Waals surface area contributed by atoms with Crippen LogP contribution in [0.4, 0.5) is 0 Å². The van der Waals surface area contributed by atoms with E-state index in [0.29, 0.717) is 17.2 Å². The fourth-order valence-electron chi connectivity index (χ4n) is 1.63. The maximum atomic E-state index is 5.50. The summed E-state index contributed by atoms with van der Waals surface area (Å²) in [5, 5.41) is 0. The highest BCUT2D eigenvalue weighted by atomic mass is 32.1. The van der Waals surface area contributed by atoms with Crippen LogP contribution in [0.5, 0.6) is 0 Å². The molecule has 1 fully saturated rings. The molecule has 2 rings (SSSR count). The predicted molar refractivity (Wildman–Crippen MR) is 61.4 cm³/mol. The quantitative estimate of drug-likeness (QED) is 0.798. The van der Waals surface area contributed by atoms with Gasteiger partial charge in [-0.1, -0.05) is 12.2 Å². The highest BCUT2D eigenvalue weighted by Crippen LogP contribution is 2.39. The van der Waals surface area contributed by atoms with Gasteiger partial charge in [-0.2, -0.15) is 0 Å². The van der Waals surface area contributed by atoms with Crippen LogP contribution in [0, 0.1) is 4.64 Å². The normalized spacial score (nSPS) is 17.7. The number of nitrogens with one attached hydrogen (secondary N) is 1. The van der Waals surface area contributed by atoms with Crippen molar-refractivity contribution in [3.05, 3.63) is 22.2 Å². The molecule has 15 heavy (non-hydrogen) atoms. The minimum Gasteiger partial charge on any atom is -0.371 e. The summed E-state index contributed by atoms with van der Waals surface area (Å²) in [5.74, 6) is 1.52. The smallest absolute Gasteiger partial charge is 0.136 e. The van der Waals surface area contributed by atoms with E-state index in [1.54, 1.807) is 0 Å². The van der Waals surface area contributed by atoms with E-state index in [0.717, 1.165) is 5.82 Å². The van der Waals surface area contributed by atoms with Gasteiger partial charge in [-0.15, -0.1) is 0 Å². The Hall–Kier alpha value is -0.740. The molecule has 0 amide bonds. The SMILES string of the molecule is CCOC(C)c1nc(=S)cc(C2CC2)[nH]1. The van der Waals surface area contributed by atoms with E-state index >= 15 is 0 Å². The third kappa shape index (κ3) is 2.63. The van der Waals surface area contributed by atoms with Crippen molar-refractivity contribution in [2.24, 2.45) is 0 Å². The van der Waals surface area contributed by atoms with E-state index < -0.39 is 0 Å². The number of rotatable bonds is 4. The van der Waals surface area contributed by atoms with Crippen LogP contribution in [-0.4, -0.2) is 16.6 Å². The number of hydrogen-bond donors (Lipinski definition) is 1. The molecule has 0 spiro atoms. The summed E-state index contributed by atoms with van der Waals surface area (Å²) in [5.41, 5.74) is 1.22. The van der Waals surface area contributed by atoms with Gasteiger partial charge >= 0.3 is 0 Å². The van der Waals surface area contributed by atoms with E-state index in [-0.39, 0.29) is 6.10 Å². The molecule has 82 valence electrons. The van der Waals surface area contributed by atoms with Crippen LogP contribution in [0.3, 0.4) is 0 Å². The molecule has 1 unspecified atom stereocenters. The monoisotopic (exact) mass is 224 g/mol. The Bertz CT molecular complexity index is 398. The lowest BCUT2D eigenvalue weighted by Crippen LogP contribution is -2.06. The molecule has 0 bridgehead atoms. The fourth-order valence-corrected chi connectivity index (χ4v) is 1.86. The second-order valence-electron chi connectivity index (χ2n) is 3.93. The molecule has 1 aliphatic carbocycles. The molecule has 1 aromatic heterocycles. The van der Waals surface area contributed by atoms with Crippen LogP contribution < -0.4 is 0 Å². The van der Waals surface area contributed by atoms with Gasteiger partial charge in [0, 0.05) is 12.3 Å². The van der Waals surface area contributed by atoms with Crippen LogP contribution >= 0.6 is 12.2 Å². The first kappa shape index (κ1) is 10.8. The van der Waals surface area contributed by atoms with Crippen molar-refractivity contribution >= 4 is 12.2 Å². The third-order valence-corrected chi connectivity index (χ3v) is 2.81. The summed E-state index contributed by atoms with van der Waals surface area (Å²) in [7, 11) is 0. The van der Waals surface area contributed by atoms with Crippen molar-refractivity contribution in [1.82, 2.24) is 9.97 Å². The molecule has 1 atom stereocenters. The highest BCUT2D eigenvalue weighted by molar-refractivity contribution is 7.71. The first-order valence-electron chi connectivity index (χ1n) is 5.43. The summed E-state index contributed by atoms with van der Waals surface area (Å²) in [4.78, 5) is 7.63. The molecular weight excluding hydrogens is 208 g/mol. The van der Waals surface area contributed by atoms with Gasteiger partial charge in [0.25, 0.3) is 0 Å². The molecule has 1 heterocycles. The number of ether oxygens (including phenoxy) is 1. The molecule has 1 aromatic rings. The molecule has 0 aromatic carbocycles. The summed E-state index contributed by atoms with van der Waals surface area (Å²) < 4.78 is 6.16. The fraction of sp³-hybridized carbons (Fsp3) is 0.636. The lowest BCUT2D eigenvalue weighted by molar-refractivity contribution is 0.0698. The lowest BCUT2D eigenvalue weighted by Gasteiger charge is -2.12. The van der Waals surface area contributed by atoms with Gasteiger partial charge in [-0.05, 0) is 38.7 Å². The van der Waals surface area contributed by atoms with Crippen molar-refractivity contribution in [1.29, 1.82) is 0 Å². The second kappa shape index (κ2) is 4.41. The largest absolute Gasteiger partial charge is 0.371 e. The van der Waals surface area contributed by atoms with Crippen LogP contribution in [0.1, 0.15) is 50.2 Å². The van der Waals surface area contributed by atoms with Crippen molar-refractivity contribution < 1.29 is 4.74 Å². The van der Waals surface area contributed by atoms with E-state index in [2.05, 4.69) is 9.97 Å². The number of nitrogens with zero attached hydrogens (tertiary/aromatic N) is 1. The molecule has 0 radical (unpaired) electrons. The Morgan fingerprint density at radius 3 is 3.00 bits per heavy atom. The summed E-state index contributed by atoms with van der Waals surface area (Å²) in [6.45, 7) is 4.67. The number of hydrogen-bond acceptors (Lipinski definition) is 3. The minimum absolute atomic E-state index is 0.00426. The lowest BCUT2D eigenvalue weighted by atomic mass is 10.2. The molecular formula is C11H16N2OS. The molecule has 3 nitrogen and oxygen atoms in total. The molecule has 1 aliphatic rings. The first-order chi connectivity index (χ1) is 7.20. The summed E-state index contributed by atoms with van der Waals surface area (Å²) >= 11 is 5.15. The zero-order valence-corrected chi connectivity index (χ0v) is 9.93. The van der Waals surface area contributed by atoms with Crippen LogP contribution in [0.15, 0.2) is 6.07 Å². The minimum atomic E-state index is -0.00426. The maximum absolute atomic E-state index is 5.50. The van der Waals surface area contributed by atoms with Crippen LogP contribution in [0.2, 0.25) is 0 Å². The van der Waals surface area contributed by atoms with Gasteiger partial charge in [0.15, 0.2) is 0 Å². The molecule has 1 saturated carbocycles. The predicted octanol–water partition coefficient (Wildman–Crippen LogP) is 3.11. The molecule has 0 saturated heterocycles. The van der Waals surface area contributed by atoms with Gasteiger partial charge < -0.3 is 9.72 Å². The number of aromatic amines is 1. The van der Waals surface area contributed by atoms with Gasteiger partial charge in [-0.25, -0.2) is 4.98 Å². The van der Waals surface area contributed by atoms with Gasteiger partial charge in [0.1, 0.15) is 16.6 Å². The summed E-state index contributed by atoms with van der Waals surface area (Å²) in [6, 6.07) is 1.97. The van der Waals surface area contributed by atoms with Crippen molar-refractivity contribution in [3.63, 3.8) is 0 Å². The Kier molecular flexibility index (Phi) is 3.17. The van der Waals surface area contributed by atoms with Gasteiger partial charge in [0.2, 0.25) is 0 Å². The van der Waals surface area contributed by atoms with Crippen LogP contribution in [0.25, 0.3) is 0 Å². The van der Waals surface area contributed by atoms with Crippen molar-refractivity contribution in [2.45, 2.75) is 38.7 Å². The van der Waals surface area contributed by atoms with E-state index in [9.17, 15) is 0 Å².